The van der Waals surface area contributed by atoms with Crippen molar-refractivity contribution in [1.29, 1.82) is 0 Å². The molecule has 0 atom stereocenters. The van der Waals surface area contributed by atoms with Crippen LogP contribution >= 0.6 is 15.9 Å². The number of halogens is 1. The number of nitrogens with zero attached hydrogens (tertiary/aromatic N) is 1. The average molecular weight is 296 g/mol. The fourth-order valence-corrected chi connectivity index (χ4v) is 2.33. The molecule has 0 bridgehead atoms. The molecule has 1 heterocycles. The van der Waals surface area contributed by atoms with Crippen molar-refractivity contribution in [3.05, 3.63) is 44.2 Å². The molecule has 0 saturated heterocycles. The lowest BCUT2D eigenvalue weighted by Crippen LogP contribution is -2.20. The molecule has 1 N–H and O–H groups in total. The third-order valence-corrected chi connectivity index (χ3v) is 3.29. The zero-order valence-electron chi connectivity index (χ0n) is 9.32. The normalized spacial score (nSPS) is 10.8. The molecule has 2 rings (SSSR count). The van der Waals surface area contributed by atoms with Crippen molar-refractivity contribution in [2.75, 3.05) is 0 Å². The number of hydrogen-bond acceptors (Lipinski definition) is 2. The van der Waals surface area contributed by atoms with Gasteiger partial charge < -0.3 is 9.67 Å². The van der Waals surface area contributed by atoms with Gasteiger partial charge in [0.1, 0.15) is 5.69 Å². The van der Waals surface area contributed by atoms with Crippen molar-refractivity contribution in [2.24, 2.45) is 7.05 Å². The number of pyridine rings is 1. The topological polar surface area (TPSA) is 59.3 Å². The van der Waals surface area contributed by atoms with Crippen LogP contribution < -0.4 is 5.43 Å². The number of fused-ring (bicyclic) bond motifs is 1. The summed E-state index contributed by atoms with van der Waals surface area (Å²) in [5, 5.41) is 9.63. The predicted octanol–water partition coefficient (Wildman–Crippen LogP) is 2.31. The van der Waals surface area contributed by atoms with Crippen LogP contribution in [0.1, 0.15) is 16.1 Å². The van der Waals surface area contributed by atoms with E-state index in [4.69, 9.17) is 5.11 Å². The van der Waals surface area contributed by atoms with Gasteiger partial charge in [-0.15, -0.1) is 0 Å². The molecule has 0 aliphatic carbocycles. The Hall–Kier alpha value is -1.62. The Morgan fingerprint density at radius 3 is 2.65 bits per heavy atom. The Labute approximate surface area is 106 Å². The molecule has 0 fully saturated rings. The van der Waals surface area contributed by atoms with Gasteiger partial charge in [-0.05, 0) is 25.1 Å². The first-order valence-electron chi connectivity index (χ1n) is 4.95. The zero-order valence-corrected chi connectivity index (χ0v) is 10.9. The van der Waals surface area contributed by atoms with Crippen LogP contribution in [0.25, 0.3) is 10.9 Å². The lowest BCUT2D eigenvalue weighted by molar-refractivity contribution is 0.0685. The van der Waals surface area contributed by atoms with Crippen LogP contribution in [0.4, 0.5) is 0 Å². The Kier molecular flexibility index (Phi) is 2.79. The number of carboxylic acids is 1. The molecule has 1 aromatic heterocycles. The summed E-state index contributed by atoms with van der Waals surface area (Å²) in [7, 11) is 1.64. The van der Waals surface area contributed by atoms with E-state index in [2.05, 4.69) is 15.9 Å². The second-order valence-corrected chi connectivity index (χ2v) is 4.74. The van der Waals surface area contributed by atoms with Crippen molar-refractivity contribution in [3.8, 4) is 0 Å². The van der Waals surface area contributed by atoms with Gasteiger partial charge in [0.05, 0.1) is 5.52 Å². The third-order valence-electron chi connectivity index (χ3n) is 2.80. The maximum atomic E-state index is 12.1. The lowest BCUT2D eigenvalue weighted by atomic mass is 10.1. The maximum absolute atomic E-state index is 12.1. The van der Waals surface area contributed by atoms with Crippen molar-refractivity contribution in [1.82, 2.24) is 4.57 Å². The smallest absolute Gasteiger partial charge is 0.352 e. The molecule has 17 heavy (non-hydrogen) atoms. The van der Waals surface area contributed by atoms with Crippen molar-refractivity contribution in [3.63, 3.8) is 0 Å². The highest BCUT2D eigenvalue weighted by Gasteiger charge is 2.17. The summed E-state index contributed by atoms with van der Waals surface area (Å²) in [4.78, 5) is 23.2. The molecule has 2 aromatic rings. The summed E-state index contributed by atoms with van der Waals surface area (Å²) in [6, 6.07) is 5.21. The van der Waals surface area contributed by atoms with Gasteiger partial charge in [0.2, 0.25) is 0 Å². The minimum Gasteiger partial charge on any atom is -0.477 e. The maximum Gasteiger partial charge on any atom is 0.352 e. The highest BCUT2D eigenvalue weighted by atomic mass is 79.9. The SMILES string of the molecule is Cc1c(C(=O)O)n(C)c2ccc(Br)cc2c1=O. The number of aryl methyl sites for hydroxylation is 1. The van der Waals surface area contributed by atoms with Gasteiger partial charge in [0.25, 0.3) is 0 Å². The first kappa shape index (κ1) is 11.9. The van der Waals surface area contributed by atoms with E-state index in [1.165, 1.54) is 11.5 Å². The number of hydrogen-bond donors (Lipinski definition) is 1. The second kappa shape index (κ2) is 4.00. The number of rotatable bonds is 1. The lowest BCUT2D eigenvalue weighted by Gasteiger charge is -2.12. The van der Waals surface area contributed by atoms with E-state index in [9.17, 15) is 9.59 Å². The van der Waals surface area contributed by atoms with Crippen LogP contribution in [0.2, 0.25) is 0 Å². The van der Waals surface area contributed by atoms with Crippen LogP contribution in [0, 0.1) is 6.92 Å². The second-order valence-electron chi connectivity index (χ2n) is 3.83. The van der Waals surface area contributed by atoms with E-state index in [0.29, 0.717) is 10.9 Å². The minimum atomic E-state index is -1.09. The van der Waals surface area contributed by atoms with Gasteiger partial charge in [0.15, 0.2) is 5.43 Å². The zero-order chi connectivity index (χ0) is 12.7. The number of benzene rings is 1. The van der Waals surface area contributed by atoms with Crippen molar-refractivity contribution < 1.29 is 9.90 Å². The molecular formula is C12H10BrNO3. The van der Waals surface area contributed by atoms with E-state index in [1.54, 1.807) is 25.2 Å². The average Bonchev–Trinajstić information content (AvgIpc) is 2.25. The van der Waals surface area contributed by atoms with Gasteiger partial charge >= 0.3 is 5.97 Å². The van der Waals surface area contributed by atoms with E-state index in [0.717, 1.165) is 4.47 Å². The molecule has 0 unspecified atom stereocenters. The van der Waals surface area contributed by atoms with Gasteiger partial charge in [-0.3, -0.25) is 4.79 Å². The molecule has 1 aromatic carbocycles. The van der Waals surface area contributed by atoms with Gasteiger partial charge in [-0.25, -0.2) is 4.79 Å². The molecule has 5 heteroatoms. The van der Waals surface area contributed by atoms with E-state index >= 15 is 0 Å². The summed E-state index contributed by atoms with van der Waals surface area (Å²) in [5.41, 5.74) is 0.661. The van der Waals surface area contributed by atoms with Crippen LogP contribution in [-0.4, -0.2) is 15.6 Å². The number of aromatic nitrogens is 1. The van der Waals surface area contributed by atoms with Crippen LogP contribution in [-0.2, 0) is 7.05 Å². The Balaban J connectivity index is 3.05. The van der Waals surface area contributed by atoms with Gasteiger partial charge in [-0.2, -0.15) is 0 Å². The van der Waals surface area contributed by atoms with E-state index in [1.807, 2.05) is 0 Å². The first-order chi connectivity index (χ1) is 7.93. The minimum absolute atomic E-state index is 0.0322. The van der Waals surface area contributed by atoms with E-state index < -0.39 is 5.97 Å². The fraction of sp³-hybridized carbons (Fsp3) is 0.167. The number of aromatic carboxylic acids is 1. The van der Waals surface area contributed by atoms with Gasteiger partial charge in [0, 0.05) is 22.5 Å². The Bertz CT molecular complexity index is 688. The highest BCUT2D eigenvalue weighted by Crippen LogP contribution is 2.19. The van der Waals surface area contributed by atoms with Crippen LogP contribution in [0.5, 0.6) is 0 Å². The first-order valence-corrected chi connectivity index (χ1v) is 5.75. The number of carboxylic acid groups (broad SMARTS) is 1. The van der Waals surface area contributed by atoms with Crippen LogP contribution in [0.3, 0.4) is 0 Å². The largest absolute Gasteiger partial charge is 0.477 e. The predicted molar refractivity (Wildman–Crippen MR) is 68.6 cm³/mol. The molecule has 0 aliphatic heterocycles. The molecule has 0 radical (unpaired) electrons. The summed E-state index contributed by atoms with van der Waals surface area (Å²) in [6.45, 7) is 1.53. The summed E-state index contributed by atoms with van der Waals surface area (Å²) < 4.78 is 2.32. The van der Waals surface area contributed by atoms with Crippen molar-refractivity contribution in [2.45, 2.75) is 6.92 Å². The van der Waals surface area contributed by atoms with E-state index in [-0.39, 0.29) is 16.7 Å². The van der Waals surface area contributed by atoms with Gasteiger partial charge in [-0.1, -0.05) is 15.9 Å². The standard InChI is InChI=1S/C12H10BrNO3/c1-6-10(12(16)17)14(2)9-4-3-7(13)5-8(9)11(6)15/h3-5H,1-2H3,(H,16,17). The molecule has 0 saturated carbocycles. The molecule has 4 nitrogen and oxygen atoms in total. The quantitative estimate of drug-likeness (QED) is 0.878. The van der Waals surface area contributed by atoms with Crippen molar-refractivity contribution >= 4 is 32.8 Å². The van der Waals surface area contributed by atoms with Crippen LogP contribution in [0.15, 0.2) is 27.5 Å². The molecule has 0 aliphatic rings. The molecule has 0 amide bonds. The summed E-state index contributed by atoms with van der Waals surface area (Å²) >= 11 is 3.30. The fourth-order valence-electron chi connectivity index (χ4n) is 1.97. The summed E-state index contributed by atoms with van der Waals surface area (Å²) in [5.74, 6) is -1.09. The summed E-state index contributed by atoms with van der Waals surface area (Å²) in [6.07, 6.45) is 0. The highest BCUT2D eigenvalue weighted by molar-refractivity contribution is 9.10. The molecule has 88 valence electrons. The number of carbonyl (C=O) groups is 1. The molecular weight excluding hydrogens is 286 g/mol. The monoisotopic (exact) mass is 295 g/mol. The molecule has 0 spiro atoms. The third kappa shape index (κ3) is 1.76. The Morgan fingerprint density at radius 1 is 1.41 bits per heavy atom. The Morgan fingerprint density at radius 2 is 2.06 bits per heavy atom.